The lowest BCUT2D eigenvalue weighted by atomic mass is 9.93. The maximum atomic E-state index is 13.1. The molecule has 0 aromatic heterocycles. The molecule has 0 spiro atoms. The summed E-state index contributed by atoms with van der Waals surface area (Å²) in [5.41, 5.74) is 1.34. The Kier molecular flexibility index (Phi) is 7.60. The van der Waals surface area contributed by atoms with Gasteiger partial charge in [-0.25, -0.2) is 0 Å². The van der Waals surface area contributed by atoms with Crippen molar-refractivity contribution in [2.45, 2.75) is 58.4 Å². The molecule has 23 heavy (non-hydrogen) atoms. The molecule has 1 saturated heterocycles. The molecule has 128 valence electrons. The quantitative estimate of drug-likeness (QED) is 0.794. The van der Waals surface area contributed by atoms with Crippen LogP contribution >= 0.6 is 0 Å². The highest BCUT2D eigenvalue weighted by molar-refractivity contribution is 5.79. The summed E-state index contributed by atoms with van der Waals surface area (Å²) in [5.74, 6) is 0.612. The van der Waals surface area contributed by atoms with Crippen molar-refractivity contribution >= 4 is 5.91 Å². The zero-order chi connectivity index (χ0) is 16.5. The molecule has 0 saturated carbocycles. The minimum absolute atomic E-state index is 0.220. The van der Waals surface area contributed by atoms with Crippen LogP contribution in [-0.4, -0.2) is 36.5 Å². The van der Waals surface area contributed by atoms with Crippen LogP contribution in [0.4, 0.5) is 0 Å². The van der Waals surface area contributed by atoms with E-state index in [0.29, 0.717) is 11.9 Å². The third kappa shape index (κ3) is 5.35. The average Bonchev–Trinajstić information content (AvgIpc) is 2.60. The molecule has 0 radical (unpaired) electrons. The van der Waals surface area contributed by atoms with Gasteiger partial charge in [0, 0.05) is 18.5 Å². The molecule has 1 fully saturated rings. The Hall–Kier alpha value is -1.35. The van der Waals surface area contributed by atoms with Gasteiger partial charge < -0.3 is 10.2 Å². The number of nitrogens with one attached hydrogen (secondary N) is 1. The van der Waals surface area contributed by atoms with E-state index >= 15 is 0 Å². The molecule has 1 aliphatic rings. The van der Waals surface area contributed by atoms with Crippen LogP contribution in [0, 0.1) is 5.92 Å². The number of carbonyl (C=O) groups excluding carboxylic acids is 1. The molecule has 1 heterocycles. The predicted octanol–water partition coefficient (Wildman–Crippen LogP) is 3.64. The van der Waals surface area contributed by atoms with Gasteiger partial charge in [-0.2, -0.15) is 0 Å². The summed E-state index contributed by atoms with van der Waals surface area (Å²) in [6.45, 7) is 7.24. The summed E-state index contributed by atoms with van der Waals surface area (Å²) >= 11 is 0. The Bertz CT molecular complexity index is 454. The monoisotopic (exact) mass is 316 g/mol. The SMILES string of the molecule is CCCC(Cc1ccccc1)N(CCC)C(=O)C1CCNCC1. The first-order valence-electron chi connectivity index (χ1n) is 9.31. The van der Waals surface area contributed by atoms with Gasteiger partial charge in [0.2, 0.25) is 5.91 Å². The molecule has 1 aromatic carbocycles. The lowest BCUT2D eigenvalue weighted by Gasteiger charge is -2.36. The summed E-state index contributed by atoms with van der Waals surface area (Å²) in [5, 5.41) is 3.36. The summed E-state index contributed by atoms with van der Waals surface area (Å²) < 4.78 is 0. The van der Waals surface area contributed by atoms with Crippen LogP contribution in [-0.2, 0) is 11.2 Å². The van der Waals surface area contributed by atoms with E-state index in [9.17, 15) is 4.79 Å². The van der Waals surface area contributed by atoms with E-state index < -0.39 is 0 Å². The van der Waals surface area contributed by atoms with Crippen LogP contribution in [0.5, 0.6) is 0 Å². The molecule has 3 nitrogen and oxygen atoms in total. The first-order valence-corrected chi connectivity index (χ1v) is 9.31. The molecule has 1 atom stereocenters. The van der Waals surface area contributed by atoms with Crippen LogP contribution in [0.25, 0.3) is 0 Å². The highest BCUT2D eigenvalue weighted by atomic mass is 16.2. The average molecular weight is 316 g/mol. The van der Waals surface area contributed by atoms with Crippen molar-refractivity contribution in [3.63, 3.8) is 0 Å². The molecular formula is C20H32N2O. The lowest BCUT2D eigenvalue weighted by Crippen LogP contribution is -2.47. The fourth-order valence-corrected chi connectivity index (χ4v) is 3.60. The van der Waals surface area contributed by atoms with Crippen LogP contribution in [0.2, 0.25) is 0 Å². The Morgan fingerprint density at radius 2 is 1.87 bits per heavy atom. The second-order valence-corrected chi connectivity index (χ2v) is 6.69. The van der Waals surface area contributed by atoms with Gasteiger partial charge in [0.15, 0.2) is 0 Å². The zero-order valence-corrected chi connectivity index (χ0v) is 14.8. The van der Waals surface area contributed by atoms with Crippen LogP contribution in [0.3, 0.4) is 0 Å². The molecule has 3 heteroatoms. The number of amides is 1. The van der Waals surface area contributed by atoms with Crippen molar-refractivity contribution in [2.24, 2.45) is 5.92 Å². The van der Waals surface area contributed by atoms with Gasteiger partial charge >= 0.3 is 0 Å². The Balaban J connectivity index is 2.11. The summed E-state index contributed by atoms with van der Waals surface area (Å²) in [4.78, 5) is 15.3. The first kappa shape index (κ1) is 18.0. The van der Waals surface area contributed by atoms with Crippen molar-refractivity contribution < 1.29 is 4.79 Å². The van der Waals surface area contributed by atoms with Crippen LogP contribution in [0.15, 0.2) is 30.3 Å². The number of rotatable bonds is 8. The number of piperidine rings is 1. The summed E-state index contributed by atoms with van der Waals surface area (Å²) in [6.07, 6.45) is 6.20. The lowest BCUT2D eigenvalue weighted by molar-refractivity contribution is -0.139. The molecule has 1 aromatic rings. The van der Waals surface area contributed by atoms with Gasteiger partial charge in [-0.05, 0) is 50.8 Å². The number of hydrogen-bond donors (Lipinski definition) is 1. The van der Waals surface area contributed by atoms with Crippen LogP contribution in [0.1, 0.15) is 51.5 Å². The van der Waals surface area contributed by atoms with Crippen molar-refractivity contribution in [3.05, 3.63) is 35.9 Å². The molecule has 1 N–H and O–H groups in total. The molecular weight excluding hydrogens is 284 g/mol. The van der Waals surface area contributed by atoms with Gasteiger partial charge in [-0.15, -0.1) is 0 Å². The molecule has 1 unspecified atom stereocenters. The third-order valence-corrected chi connectivity index (χ3v) is 4.81. The molecule has 0 aliphatic carbocycles. The molecule has 2 rings (SSSR count). The Morgan fingerprint density at radius 1 is 1.17 bits per heavy atom. The van der Waals surface area contributed by atoms with E-state index in [-0.39, 0.29) is 5.92 Å². The van der Waals surface area contributed by atoms with E-state index in [2.05, 4.69) is 54.4 Å². The van der Waals surface area contributed by atoms with Gasteiger partial charge in [-0.1, -0.05) is 50.6 Å². The molecule has 1 aliphatic heterocycles. The highest BCUT2D eigenvalue weighted by Gasteiger charge is 2.29. The minimum Gasteiger partial charge on any atom is -0.339 e. The number of carbonyl (C=O) groups is 1. The van der Waals surface area contributed by atoms with Gasteiger partial charge in [0.25, 0.3) is 0 Å². The van der Waals surface area contributed by atoms with Crippen molar-refractivity contribution in [1.82, 2.24) is 10.2 Å². The van der Waals surface area contributed by atoms with Gasteiger partial charge in [0.1, 0.15) is 0 Å². The number of nitrogens with zero attached hydrogens (tertiary/aromatic N) is 1. The van der Waals surface area contributed by atoms with E-state index in [1.165, 1.54) is 5.56 Å². The summed E-state index contributed by atoms with van der Waals surface area (Å²) in [6, 6.07) is 10.9. The molecule has 1 amide bonds. The highest BCUT2D eigenvalue weighted by Crippen LogP contribution is 2.21. The normalized spacial score (nSPS) is 17.0. The van der Waals surface area contributed by atoms with E-state index in [0.717, 1.165) is 58.2 Å². The Morgan fingerprint density at radius 3 is 2.48 bits per heavy atom. The second kappa shape index (κ2) is 9.71. The van der Waals surface area contributed by atoms with Crippen molar-refractivity contribution in [2.75, 3.05) is 19.6 Å². The maximum absolute atomic E-state index is 13.1. The number of benzene rings is 1. The zero-order valence-electron chi connectivity index (χ0n) is 14.8. The standard InChI is InChI=1S/C20H32N2O/c1-3-8-19(16-17-9-6-5-7-10-17)22(15-4-2)20(23)18-11-13-21-14-12-18/h5-7,9-10,18-19,21H,3-4,8,11-16H2,1-2H3. The van der Waals surface area contributed by atoms with E-state index in [1.807, 2.05) is 0 Å². The van der Waals surface area contributed by atoms with Gasteiger partial charge in [-0.3, -0.25) is 4.79 Å². The third-order valence-electron chi connectivity index (χ3n) is 4.81. The number of hydrogen-bond acceptors (Lipinski definition) is 2. The van der Waals surface area contributed by atoms with E-state index in [4.69, 9.17) is 0 Å². The predicted molar refractivity (Wildman–Crippen MR) is 96.4 cm³/mol. The largest absolute Gasteiger partial charge is 0.339 e. The molecule has 0 bridgehead atoms. The van der Waals surface area contributed by atoms with Gasteiger partial charge in [0.05, 0.1) is 0 Å². The topological polar surface area (TPSA) is 32.3 Å². The second-order valence-electron chi connectivity index (χ2n) is 6.69. The Labute approximate surface area is 141 Å². The summed E-state index contributed by atoms with van der Waals surface area (Å²) in [7, 11) is 0. The fraction of sp³-hybridized carbons (Fsp3) is 0.650. The maximum Gasteiger partial charge on any atom is 0.226 e. The fourth-order valence-electron chi connectivity index (χ4n) is 3.60. The van der Waals surface area contributed by atoms with Crippen molar-refractivity contribution in [1.29, 1.82) is 0 Å². The first-order chi connectivity index (χ1) is 11.3. The smallest absolute Gasteiger partial charge is 0.226 e. The van der Waals surface area contributed by atoms with Crippen LogP contribution < -0.4 is 5.32 Å². The minimum atomic E-state index is 0.220. The van der Waals surface area contributed by atoms with Crippen molar-refractivity contribution in [3.8, 4) is 0 Å². The van der Waals surface area contributed by atoms with E-state index in [1.54, 1.807) is 0 Å².